The van der Waals surface area contributed by atoms with Gasteiger partial charge in [0, 0.05) is 11.9 Å². The Morgan fingerprint density at radius 3 is 2.88 bits per heavy atom. The third kappa shape index (κ3) is 4.37. The van der Waals surface area contributed by atoms with Gasteiger partial charge in [0.05, 0.1) is 12.2 Å². The van der Waals surface area contributed by atoms with Crippen molar-refractivity contribution in [2.24, 2.45) is 5.92 Å². The van der Waals surface area contributed by atoms with Gasteiger partial charge in [-0.3, -0.25) is 4.90 Å². The van der Waals surface area contributed by atoms with E-state index < -0.39 is 0 Å². The summed E-state index contributed by atoms with van der Waals surface area (Å²) >= 11 is 1.80. The maximum absolute atomic E-state index is 4.68. The van der Waals surface area contributed by atoms with Crippen molar-refractivity contribution in [3.05, 3.63) is 16.1 Å². The van der Waals surface area contributed by atoms with Crippen LogP contribution >= 0.6 is 11.3 Å². The molecule has 0 radical (unpaired) electrons. The minimum atomic E-state index is 0.706. The van der Waals surface area contributed by atoms with E-state index in [2.05, 4.69) is 34.4 Å². The average molecular weight is 253 g/mol. The van der Waals surface area contributed by atoms with E-state index in [1.54, 1.807) is 11.3 Å². The summed E-state index contributed by atoms with van der Waals surface area (Å²) in [5.74, 6) is 0.706. The normalized spacial score (nSPS) is 17.1. The molecule has 0 atom stereocenters. The van der Waals surface area contributed by atoms with E-state index in [1.807, 2.05) is 0 Å². The highest BCUT2D eigenvalue weighted by Crippen LogP contribution is 2.16. The molecule has 0 amide bonds. The van der Waals surface area contributed by atoms with Gasteiger partial charge in [-0.2, -0.15) is 0 Å². The van der Waals surface area contributed by atoms with E-state index in [-0.39, 0.29) is 0 Å². The molecule has 0 unspecified atom stereocenters. The standard InChI is InChI=1S/C13H23N3S/c1-11(2)7-14-8-12-10-17-13(15-12)9-16-5-3-4-6-16/h10-11,14H,3-9H2,1-2H3. The Hall–Kier alpha value is -0.450. The van der Waals surface area contributed by atoms with Gasteiger partial charge in [0.2, 0.25) is 0 Å². The minimum absolute atomic E-state index is 0.706. The lowest BCUT2D eigenvalue weighted by atomic mass is 10.2. The summed E-state index contributed by atoms with van der Waals surface area (Å²) < 4.78 is 0. The lowest BCUT2D eigenvalue weighted by Crippen LogP contribution is -2.20. The summed E-state index contributed by atoms with van der Waals surface area (Å²) in [6.07, 6.45) is 2.71. The van der Waals surface area contributed by atoms with Crippen LogP contribution in [-0.2, 0) is 13.1 Å². The Labute approximate surface area is 108 Å². The van der Waals surface area contributed by atoms with Gasteiger partial charge in [0.15, 0.2) is 0 Å². The van der Waals surface area contributed by atoms with Crippen LogP contribution in [0.3, 0.4) is 0 Å². The van der Waals surface area contributed by atoms with E-state index in [1.165, 1.54) is 36.6 Å². The summed E-state index contributed by atoms with van der Waals surface area (Å²) in [5, 5.41) is 6.90. The molecule has 1 aromatic heterocycles. The van der Waals surface area contributed by atoms with Crippen LogP contribution in [-0.4, -0.2) is 29.5 Å². The third-order valence-electron chi connectivity index (χ3n) is 3.02. The Bertz CT molecular complexity index is 329. The fraction of sp³-hybridized carbons (Fsp3) is 0.769. The highest BCUT2D eigenvalue weighted by Gasteiger charge is 2.13. The molecule has 3 nitrogen and oxygen atoms in total. The maximum atomic E-state index is 4.68. The molecule has 1 aromatic rings. The van der Waals surface area contributed by atoms with Crippen LogP contribution in [0.5, 0.6) is 0 Å². The molecule has 1 aliphatic rings. The van der Waals surface area contributed by atoms with Crippen LogP contribution in [0, 0.1) is 5.92 Å². The number of aromatic nitrogens is 1. The monoisotopic (exact) mass is 253 g/mol. The van der Waals surface area contributed by atoms with E-state index in [0.717, 1.165) is 19.6 Å². The molecule has 1 aliphatic heterocycles. The number of hydrogen-bond acceptors (Lipinski definition) is 4. The van der Waals surface area contributed by atoms with Crippen molar-refractivity contribution in [3.63, 3.8) is 0 Å². The van der Waals surface area contributed by atoms with Gasteiger partial charge in [0.25, 0.3) is 0 Å². The Morgan fingerprint density at radius 1 is 1.41 bits per heavy atom. The van der Waals surface area contributed by atoms with Crippen molar-refractivity contribution < 1.29 is 0 Å². The van der Waals surface area contributed by atoms with Gasteiger partial charge in [-0.1, -0.05) is 13.8 Å². The smallest absolute Gasteiger partial charge is 0.107 e. The molecule has 0 aromatic carbocycles. The van der Waals surface area contributed by atoms with Crippen molar-refractivity contribution in [3.8, 4) is 0 Å². The van der Waals surface area contributed by atoms with Gasteiger partial charge in [-0.05, 0) is 38.4 Å². The van der Waals surface area contributed by atoms with Crippen LogP contribution in [0.25, 0.3) is 0 Å². The second-order valence-electron chi connectivity index (χ2n) is 5.24. The SMILES string of the molecule is CC(C)CNCc1csc(CN2CCCC2)n1. The number of likely N-dealkylation sites (tertiary alicyclic amines) is 1. The molecule has 1 saturated heterocycles. The summed E-state index contributed by atoms with van der Waals surface area (Å²) in [6.45, 7) is 9.99. The minimum Gasteiger partial charge on any atom is -0.311 e. The summed E-state index contributed by atoms with van der Waals surface area (Å²) in [7, 11) is 0. The molecular formula is C13H23N3S. The topological polar surface area (TPSA) is 28.2 Å². The maximum Gasteiger partial charge on any atom is 0.107 e. The second-order valence-corrected chi connectivity index (χ2v) is 6.18. The van der Waals surface area contributed by atoms with Crippen LogP contribution in [0.15, 0.2) is 5.38 Å². The summed E-state index contributed by atoms with van der Waals surface area (Å²) in [6, 6.07) is 0. The molecule has 96 valence electrons. The highest BCUT2D eigenvalue weighted by atomic mass is 32.1. The first-order valence-corrected chi connectivity index (χ1v) is 7.48. The first-order chi connectivity index (χ1) is 8.24. The van der Waals surface area contributed by atoms with Crippen molar-refractivity contribution in [2.75, 3.05) is 19.6 Å². The van der Waals surface area contributed by atoms with Gasteiger partial charge in [-0.15, -0.1) is 11.3 Å². The highest BCUT2D eigenvalue weighted by molar-refractivity contribution is 7.09. The molecule has 0 bridgehead atoms. The first kappa shape index (κ1) is 13.0. The van der Waals surface area contributed by atoms with Crippen molar-refractivity contribution >= 4 is 11.3 Å². The zero-order chi connectivity index (χ0) is 12.1. The fourth-order valence-electron chi connectivity index (χ4n) is 2.12. The molecule has 0 aliphatic carbocycles. The quantitative estimate of drug-likeness (QED) is 0.844. The van der Waals surface area contributed by atoms with E-state index in [4.69, 9.17) is 0 Å². The lowest BCUT2D eigenvalue weighted by Gasteiger charge is -2.11. The van der Waals surface area contributed by atoms with Crippen molar-refractivity contribution in [1.82, 2.24) is 15.2 Å². The number of hydrogen-bond donors (Lipinski definition) is 1. The molecule has 0 saturated carbocycles. The fourth-order valence-corrected chi connectivity index (χ4v) is 2.96. The van der Waals surface area contributed by atoms with Gasteiger partial charge in [0.1, 0.15) is 5.01 Å². The largest absolute Gasteiger partial charge is 0.311 e. The zero-order valence-corrected chi connectivity index (χ0v) is 11.7. The van der Waals surface area contributed by atoms with Crippen LogP contribution < -0.4 is 5.32 Å². The number of thiazole rings is 1. The van der Waals surface area contributed by atoms with E-state index in [0.29, 0.717) is 5.92 Å². The lowest BCUT2D eigenvalue weighted by molar-refractivity contribution is 0.330. The van der Waals surface area contributed by atoms with Crippen LogP contribution in [0.4, 0.5) is 0 Å². The molecule has 1 N–H and O–H groups in total. The van der Waals surface area contributed by atoms with Gasteiger partial charge in [-0.25, -0.2) is 4.98 Å². The average Bonchev–Trinajstić information content (AvgIpc) is 2.90. The van der Waals surface area contributed by atoms with Crippen molar-refractivity contribution in [2.45, 2.75) is 39.8 Å². The molecule has 1 fully saturated rings. The number of nitrogens with zero attached hydrogens (tertiary/aromatic N) is 2. The number of nitrogens with one attached hydrogen (secondary N) is 1. The predicted molar refractivity (Wildman–Crippen MR) is 73.2 cm³/mol. The molecule has 17 heavy (non-hydrogen) atoms. The van der Waals surface area contributed by atoms with E-state index >= 15 is 0 Å². The Balaban J connectivity index is 1.75. The summed E-state index contributed by atoms with van der Waals surface area (Å²) in [4.78, 5) is 7.19. The predicted octanol–water partition coefficient (Wildman–Crippen LogP) is 2.48. The first-order valence-electron chi connectivity index (χ1n) is 6.60. The van der Waals surface area contributed by atoms with Crippen LogP contribution in [0.1, 0.15) is 37.4 Å². The Kier molecular flexibility index (Phi) is 4.95. The number of rotatable bonds is 6. The summed E-state index contributed by atoms with van der Waals surface area (Å²) in [5.41, 5.74) is 1.20. The molecular weight excluding hydrogens is 230 g/mol. The molecule has 0 spiro atoms. The van der Waals surface area contributed by atoms with Gasteiger partial charge < -0.3 is 5.32 Å². The molecule has 2 heterocycles. The second kappa shape index (κ2) is 6.47. The molecule has 4 heteroatoms. The van der Waals surface area contributed by atoms with Crippen molar-refractivity contribution in [1.29, 1.82) is 0 Å². The third-order valence-corrected chi connectivity index (χ3v) is 3.90. The molecule has 2 rings (SSSR count). The zero-order valence-electron chi connectivity index (χ0n) is 10.9. The van der Waals surface area contributed by atoms with Crippen LogP contribution in [0.2, 0.25) is 0 Å². The Morgan fingerprint density at radius 2 is 2.18 bits per heavy atom. The van der Waals surface area contributed by atoms with Gasteiger partial charge >= 0.3 is 0 Å². The van der Waals surface area contributed by atoms with E-state index in [9.17, 15) is 0 Å².